The summed E-state index contributed by atoms with van der Waals surface area (Å²) in [7, 11) is 0. The van der Waals surface area contributed by atoms with Gasteiger partial charge in [0.05, 0.1) is 24.4 Å². The maximum atomic E-state index is 10.2. The molecule has 1 aliphatic heterocycles. The Morgan fingerprint density at radius 1 is 0.944 bits per heavy atom. The molecule has 0 saturated carbocycles. The molecule has 2 unspecified atom stereocenters. The molecule has 4 atom stereocenters. The van der Waals surface area contributed by atoms with E-state index in [1.807, 2.05) is 6.92 Å². The molecule has 18 heavy (non-hydrogen) atoms. The number of hydrogen-bond donors (Lipinski definition) is 2. The van der Waals surface area contributed by atoms with Gasteiger partial charge in [-0.2, -0.15) is 0 Å². The zero-order valence-electron chi connectivity index (χ0n) is 12.0. The third kappa shape index (κ3) is 5.25. The second kappa shape index (κ2) is 8.89. The van der Waals surface area contributed by atoms with Crippen LogP contribution in [0.3, 0.4) is 0 Å². The summed E-state index contributed by atoms with van der Waals surface area (Å²) in [5, 5.41) is 20.3. The lowest BCUT2D eigenvalue weighted by molar-refractivity contribution is -0.118. The molecular weight excluding hydrogens is 228 g/mol. The molecule has 108 valence electrons. The van der Waals surface area contributed by atoms with Crippen molar-refractivity contribution in [3.63, 3.8) is 0 Å². The highest BCUT2D eigenvalue weighted by Gasteiger charge is 2.28. The fourth-order valence-electron chi connectivity index (χ4n) is 2.71. The Morgan fingerprint density at radius 2 is 1.56 bits per heavy atom. The van der Waals surface area contributed by atoms with E-state index in [9.17, 15) is 10.2 Å². The van der Waals surface area contributed by atoms with Gasteiger partial charge in [0.15, 0.2) is 0 Å². The van der Waals surface area contributed by atoms with Crippen LogP contribution in [-0.2, 0) is 4.74 Å². The molecule has 1 aliphatic rings. The van der Waals surface area contributed by atoms with Crippen LogP contribution in [0.1, 0.15) is 71.6 Å². The quantitative estimate of drug-likeness (QED) is 0.745. The highest BCUT2D eigenvalue weighted by Crippen LogP contribution is 2.23. The zero-order chi connectivity index (χ0) is 13.4. The van der Waals surface area contributed by atoms with Gasteiger partial charge in [0, 0.05) is 0 Å². The molecule has 0 aliphatic carbocycles. The largest absolute Gasteiger partial charge is 0.390 e. The smallest absolute Gasteiger partial charge is 0.0839 e. The molecule has 3 heteroatoms. The Morgan fingerprint density at radius 3 is 2.11 bits per heavy atom. The predicted octanol–water partition coefficient (Wildman–Crippen LogP) is 3.03. The predicted molar refractivity (Wildman–Crippen MR) is 73.6 cm³/mol. The normalized spacial score (nSPS) is 34.7. The van der Waals surface area contributed by atoms with Crippen molar-refractivity contribution < 1.29 is 14.9 Å². The Balaban J connectivity index is 2.56. The molecule has 0 radical (unpaired) electrons. The number of ether oxygens (including phenoxy) is 1. The molecule has 1 rings (SSSR count). The third-order valence-corrected chi connectivity index (χ3v) is 3.95. The molecule has 0 bridgehead atoms. The number of aliphatic hydroxyl groups is 2. The lowest BCUT2D eigenvalue weighted by Gasteiger charge is -2.29. The minimum Gasteiger partial charge on any atom is -0.390 e. The van der Waals surface area contributed by atoms with E-state index in [4.69, 9.17) is 4.74 Å². The summed E-state index contributed by atoms with van der Waals surface area (Å²) < 4.78 is 5.99. The summed E-state index contributed by atoms with van der Waals surface area (Å²) in [5.41, 5.74) is 0. The zero-order valence-corrected chi connectivity index (χ0v) is 12.0. The molecular formula is C15H30O3. The average molecular weight is 258 g/mol. The standard InChI is InChI=1S/C15H30O3/c1-3-5-6-11-15-13(17)10-8-7-9-12(16)14(4-2)18-15/h12-17H,3-11H2,1-2H3/t12?,13?,14-,15+/m1/s1. The van der Waals surface area contributed by atoms with Crippen molar-refractivity contribution in [3.8, 4) is 0 Å². The van der Waals surface area contributed by atoms with Gasteiger partial charge < -0.3 is 14.9 Å². The molecule has 0 aromatic carbocycles. The molecule has 1 saturated heterocycles. The monoisotopic (exact) mass is 258 g/mol. The summed E-state index contributed by atoms with van der Waals surface area (Å²) in [6.45, 7) is 4.22. The molecule has 2 N–H and O–H groups in total. The van der Waals surface area contributed by atoms with Gasteiger partial charge in [-0.05, 0) is 25.7 Å². The minimum atomic E-state index is -0.367. The van der Waals surface area contributed by atoms with Crippen LogP contribution in [0.2, 0.25) is 0 Å². The van der Waals surface area contributed by atoms with Crippen LogP contribution in [0.25, 0.3) is 0 Å². The van der Waals surface area contributed by atoms with E-state index in [0.717, 1.165) is 44.9 Å². The second-order valence-electron chi connectivity index (χ2n) is 5.54. The van der Waals surface area contributed by atoms with Crippen LogP contribution >= 0.6 is 0 Å². The fraction of sp³-hybridized carbons (Fsp3) is 1.00. The fourth-order valence-corrected chi connectivity index (χ4v) is 2.71. The first-order valence-corrected chi connectivity index (χ1v) is 7.70. The van der Waals surface area contributed by atoms with Crippen LogP contribution in [0.15, 0.2) is 0 Å². The topological polar surface area (TPSA) is 49.7 Å². The number of hydrogen-bond acceptors (Lipinski definition) is 3. The molecule has 0 amide bonds. The van der Waals surface area contributed by atoms with Crippen molar-refractivity contribution in [3.05, 3.63) is 0 Å². The lowest BCUT2D eigenvalue weighted by Crippen LogP contribution is -2.37. The van der Waals surface area contributed by atoms with Crippen LogP contribution in [0.5, 0.6) is 0 Å². The molecule has 0 aromatic rings. The first-order valence-electron chi connectivity index (χ1n) is 7.70. The van der Waals surface area contributed by atoms with Gasteiger partial charge in [-0.25, -0.2) is 0 Å². The van der Waals surface area contributed by atoms with Crippen molar-refractivity contribution in [1.82, 2.24) is 0 Å². The summed E-state index contributed by atoms with van der Waals surface area (Å²) >= 11 is 0. The third-order valence-electron chi connectivity index (χ3n) is 3.95. The van der Waals surface area contributed by atoms with E-state index in [1.165, 1.54) is 12.8 Å². The number of aliphatic hydroxyl groups excluding tert-OH is 2. The van der Waals surface area contributed by atoms with Crippen molar-refractivity contribution in [1.29, 1.82) is 0 Å². The van der Waals surface area contributed by atoms with Gasteiger partial charge in [0.25, 0.3) is 0 Å². The molecule has 1 heterocycles. The van der Waals surface area contributed by atoms with Crippen LogP contribution in [-0.4, -0.2) is 34.6 Å². The van der Waals surface area contributed by atoms with Gasteiger partial charge in [-0.3, -0.25) is 0 Å². The van der Waals surface area contributed by atoms with E-state index >= 15 is 0 Å². The lowest BCUT2D eigenvalue weighted by atomic mass is 10.0. The van der Waals surface area contributed by atoms with Crippen LogP contribution in [0, 0.1) is 0 Å². The summed E-state index contributed by atoms with van der Waals surface area (Å²) in [6.07, 6.45) is 7.86. The van der Waals surface area contributed by atoms with E-state index in [-0.39, 0.29) is 24.4 Å². The van der Waals surface area contributed by atoms with Crippen molar-refractivity contribution in [2.45, 2.75) is 96.1 Å². The van der Waals surface area contributed by atoms with Crippen molar-refractivity contribution in [2.24, 2.45) is 0 Å². The summed E-state index contributed by atoms with van der Waals surface area (Å²) in [5.74, 6) is 0. The van der Waals surface area contributed by atoms with E-state index < -0.39 is 0 Å². The molecule has 1 fully saturated rings. The molecule has 0 spiro atoms. The van der Waals surface area contributed by atoms with Gasteiger partial charge in [-0.1, -0.05) is 46.0 Å². The number of unbranched alkanes of at least 4 members (excludes halogenated alkanes) is 2. The van der Waals surface area contributed by atoms with E-state index in [2.05, 4.69) is 6.92 Å². The highest BCUT2D eigenvalue weighted by molar-refractivity contribution is 4.77. The van der Waals surface area contributed by atoms with Crippen LogP contribution < -0.4 is 0 Å². The SMILES string of the molecule is CCCCC[C@@H]1O[C@H](CC)C(O)CCCCC1O. The van der Waals surface area contributed by atoms with Gasteiger partial charge >= 0.3 is 0 Å². The second-order valence-corrected chi connectivity index (χ2v) is 5.54. The van der Waals surface area contributed by atoms with E-state index in [1.54, 1.807) is 0 Å². The molecule has 0 aromatic heterocycles. The number of rotatable bonds is 5. The van der Waals surface area contributed by atoms with Crippen molar-refractivity contribution >= 4 is 0 Å². The van der Waals surface area contributed by atoms with Gasteiger partial charge in [0.1, 0.15) is 0 Å². The van der Waals surface area contributed by atoms with Gasteiger partial charge in [-0.15, -0.1) is 0 Å². The maximum Gasteiger partial charge on any atom is 0.0839 e. The average Bonchev–Trinajstić information content (AvgIpc) is 2.43. The maximum absolute atomic E-state index is 10.2. The first-order chi connectivity index (χ1) is 8.69. The Bertz CT molecular complexity index is 208. The Kier molecular flexibility index (Phi) is 7.87. The highest BCUT2D eigenvalue weighted by atomic mass is 16.5. The van der Waals surface area contributed by atoms with Crippen molar-refractivity contribution in [2.75, 3.05) is 0 Å². The van der Waals surface area contributed by atoms with Gasteiger partial charge in [0.2, 0.25) is 0 Å². The van der Waals surface area contributed by atoms with E-state index in [0.29, 0.717) is 0 Å². The first kappa shape index (κ1) is 15.9. The minimum absolute atomic E-state index is 0.0887. The Hall–Kier alpha value is -0.120. The molecule has 3 nitrogen and oxygen atoms in total. The summed E-state index contributed by atoms with van der Waals surface area (Å²) in [4.78, 5) is 0. The summed E-state index contributed by atoms with van der Waals surface area (Å²) in [6, 6.07) is 0. The van der Waals surface area contributed by atoms with Crippen LogP contribution in [0.4, 0.5) is 0 Å². The Labute approximate surface area is 112 Å².